The van der Waals surface area contributed by atoms with E-state index in [2.05, 4.69) is 130 Å². The SMILES string of the molecule is CCCCCCCC1(CCCCCCC)c2ccccc2-c2ccc(C#Cc3ccc4c(c3)C(CCCCCCC)(CCCCCCC)c3cc(C#CC(C)(C)O)ccc3-4)cc21. The largest absolute Gasteiger partial charge is 0.378 e. The summed E-state index contributed by atoms with van der Waals surface area (Å²) in [5.41, 5.74) is 13.8. The lowest BCUT2D eigenvalue weighted by atomic mass is 9.70. The van der Waals surface area contributed by atoms with E-state index in [1.54, 1.807) is 19.4 Å². The van der Waals surface area contributed by atoms with Gasteiger partial charge >= 0.3 is 0 Å². The molecule has 0 saturated carbocycles. The minimum Gasteiger partial charge on any atom is -0.378 e. The molecule has 0 aliphatic heterocycles. The first kappa shape index (κ1) is 47.4. The van der Waals surface area contributed by atoms with Crippen LogP contribution in [0.25, 0.3) is 22.3 Å². The molecule has 0 saturated heterocycles. The summed E-state index contributed by atoms with van der Waals surface area (Å²) < 4.78 is 0. The van der Waals surface area contributed by atoms with E-state index in [4.69, 9.17) is 0 Å². The summed E-state index contributed by atoms with van der Waals surface area (Å²) in [6, 6.07) is 30.5. The van der Waals surface area contributed by atoms with Crippen LogP contribution in [0.5, 0.6) is 0 Å². The van der Waals surface area contributed by atoms with Gasteiger partial charge in [0.1, 0.15) is 5.60 Å². The number of benzene rings is 4. The molecule has 1 heteroatoms. The molecule has 2 aliphatic rings. The summed E-state index contributed by atoms with van der Waals surface area (Å²) in [5.74, 6) is 13.9. The third kappa shape index (κ3) is 11.6. The summed E-state index contributed by atoms with van der Waals surface area (Å²) >= 11 is 0. The summed E-state index contributed by atoms with van der Waals surface area (Å²) in [6.45, 7) is 12.8. The number of aliphatic hydroxyl groups is 1. The Morgan fingerprint density at radius 2 is 0.710 bits per heavy atom. The van der Waals surface area contributed by atoms with Crippen LogP contribution in [0.1, 0.15) is 235 Å². The van der Waals surface area contributed by atoms with Crippen LogP contribution in [0.3, 0.4) is 0 Å². The summed E-state index contributed by atoms with van der Waals surface area (Å²) in [5, 5.41) is 10.5. The lowest BCUT2D eigenvalue weighted by Gasteiger charge is -2.33. The van der Waals surface area contributed by atoms with Crippen molar-refractivity contribution in [1.82, 2.24) is 0 Å². The lowest BCUT2D eigenvalue weighted by Crippen LogP contribution is -2.26. The monoisotopic (exact) mass is 829 g/mol. The van der Waals surface area contributed by atoms with Crippen LogP contribution in [0.2, 0.25) is 0 Å². The van der Waals surface area contributed by atoms with Crippen molar-refractivity contribution in [3.63, 3.8) is 0 Å². The molecule has 1 N–H and O–H groups in total. The average molecular weight is 829 g/mol. The quantitative estimate of drug-likeness (QED) is 0.0551. The molecule has 2 aliphatic carbocycles. The normalized spacial score (nSPS) is 14.0. The van der Waals surface area contributed by atoms with Gasteiger partial charge in [0.15, 0.2) is 0 Å². The minimum absolute atomic E-state index is 0.0609. The lowest BCUT2D eigenvalue weighted by molar-refractivity contribution is 0.143. The van der Waals surface area contributed by atoms with Crippen molar-refractivity contribution in [1.29, 1.82) is 0 Å². The van der Waals surface area contributed by atoms with E-state index < -0.39 is 5.60 Å². The highest BCUT2D eigenvalue weighted by Crippen LogP contribution is 2.56. The van der Waals surface area contributed by atoms with Gasteiger partial charge in [0, 0.05) is 27.5 Å². The Labute approximate surface area is 379 Å². The molecule has 4 aromatic carbocycles. The average Bonchev–Trinajstić information content (AvgIpc) is 3.70. The molecule has 0 aromatic heterocycles. The van der Waals surface area contributed by atoms with Gasteiger partial charge in [-0.15, -0.1) is 0 Å². The van der Waals surface area contributed by atoms with Crippen molar-refractivity contribution in [2.24, 2.45) is 0 Å². The summed E-state index contributed by atoms with van der Waals surface area (Å²) in [6.07, 6.45) is 30.6. The van der Waals surface area contributed by atoms with Gasteiger partial charge in [-0.1, -0.05) is 222 Å². The molecule has 62 heavy (non-hydrogen) atoms. The standard InChI is InChI=1S/C61H80O/c1-7-11-15-19-25-40-60(41-26-20-16-12-8-2)55-30-24-23-29-51(55)52-36-33-48(45-56(52)60)31-32-49-34-37-53-54-38-35-50(39-44-59(5,6)62)47-58(54)61(57(53)46-49,42-27-21-17-13-9-3)43-28-22-18-14-10-4/h23-24,29-30,33-38,45-47,62H,7-22,25-28,40-43H2,1-6H3. The number of hydrogen-bond acceptors (Lipinski definition) is 1. The molecule has 0 radical (unpaired) electrons. The van der Waals surface area contributed by atoms with E-state index in [1.807, 2.05) is 0 Å². The van der Waals surface area contributed by atoms with Gasteiger partial charge in [0.05, 0.1) is 0 Å². The maximum absolute atomic E-state index is 10.5. The predicted molar refractivity (Wildman–Crippen MR) is 268 cm³/mol. The molecule has 0 spiro atoms. The van der Waals surface area contributed by atoms with E-state index in [0.29, 0.717) is 0 Å². The van der Waals surface area contributed by atoms with Gasteiger partial charge in [0.2, 0.25) is 0 Å². The second kappa shape index (κ2) is 23.1. The smallest absolute Gasteiger partial charge is 0.120 e. The van der Waals surface area contributed by atoms with Gasteiger partial charge in [-0.05, 0) is 120 Å². The highest BCUT2D eigenvalue weighted by atomic mass is 16.3. The fourth-order valence-electron chi connectivity index (χ4n) is 11.0. The van der Waals surface area contributed by atoms with Crippen molar-refractivity contribution in [3.8, 4) is 45.9 Å². The Hall–Kier alpha value is -4.04. The van der Waals surface area contributed by atoms with E-state index in [9.17, 15) is 5.11 Å². The molecule has 1 nitrogen and oxygen atoms in total. The number of fused-ring (bicyclic) bond motifs is 6. The third-order valence-corrected chi connectivity index (χ3v) is 14.3. The van der Waals surface area contributed by atoms with Crippen LogP contribution < -0.4 is 0 Å². The molecule has 6 rings (SSSR count). The van der Waals surface area contributed by atoms with Gasteiger partial charge in [-0.2, -0.15) is 0 Å². The molecule has 0 atom stereocenters. The summed E-state index contributed by atoms with van der Waals surface area (Å²) in [7, 11) is 0. The van der Waals surface area contributed by atoms with E-state index in [1.165, 1.54) is 180 Å². The maximum atomic E-state index is 10.5. The van der Waals surface area contributed by atoms with Crippen LogP contribution in [0.15, 0.2) is 78.9 Å². The number of hydrogen-bond donors (Lipinski definition) is 1. The van der Waals surface area contributed by atoms with Crippen LogP contribution in [0.4, 0.5) is 0 Å². The molecular formula is C61H80O. The van der Waals surface area contributed by atoms with Crippen molar-refractivity contribution < 1.29 is 5.11 Å². The van der Waals surface area contributed by atoms with E-state index in [0.717, 1.165) is 29.5 Å². The highest BCUT2D eigenvalue weighted by molar-refractivity contribution is 5.83. The first-order valence-electron chi connectivity index (χ1n) is 25.5. The second-order valence-electron chi connectivity index (χ2n) is 19.7. The van der Waals surface area contributed by atoms with Crippen molar-refractivity contribution in [2.75, 3.05) is 0 Å². The zero-order valence-electron chi connectivity index (χ0n) is 39.9. The van der Waals surface area contributed by atoms with Crippen LogP contribution in [-0.4, -0.2) is 10.7 Å². The van der Waals surface area contributed by atoms with Crippen LogP contribution in [0, 0.1) is 23.7 Å². The first-order valence-corrected chi connectivity index (χ1v) is 25.5. The zero-order chi connectivity index (χ0) is 43.8. The van der Waals surface area contributed by atoms with Crippen LogP contribution in [-0.2, 0) is 10.8 Å². The minimum atomic E-state index is -1.03. The molecule has 0 amide bonds. The Bertz CT molecular complexity index is 2140. The second-order valence-corrected chi connectivity index (χ2v) is 19.7. The fraction of sp³-hybridized carbons (Fsp3) is 0.541. The molecule has 4 aromatic rings. The molecule has 0 fully saturated rings. The molecular weight excluding hydrogens is 749 g/mol. The molecule has 330 valence electrons. The van der Waals surface area contributed by atoms with Crippen molar-refractivity contribution in [3.05, 3.63) is 118 Å². The predicted octanol–water partition coefficient (Wildman–Crippen LogP) is 17.2. The first-order chi connectivity index (χ1) is 30.2. The van der Waals surface area contributed by atoms with Gasteiger partial charge < -0.3 is 5.11 Å². The topological polar surface area (TPSA) is 20.2 Å². The van der Waals surface area contributed by atoms with Crippen molar-refractivity contribution in [2.45, 2.75) is 212 Å². The molecule has 0 unspecified atom stereocenters. The van der Waals surface area contributed by atoms with Crippen molar-refractivity contribution >= 4 is 0 Å². The Morgan fingerprint density at radius 3 is 1.08 bits per heavy atom. The zero-order valence-corrected chi connectivity index (χ0v) is 39.9. The van der Waals surface area contributed by atoms with Gasteiger partial charge in [-0.25, -0.2) is 0 Å². The van der Waals surface area contributed by atoms with E-state index in [-0.39, 0.29) is 10.8 Å². The van der Waals surface area contributed by atoms with Crippen LogP contribution >= 0.6 is 0 Å². The van der Waals surface area contributed by atoms with Gasteiger partial charge in [0.25, 0.3) is 0 Å². The number of unbranched alkanes of at least 4 members (excludes halogenated alkanes) is 16. The third-order valence-electron chi connectivity index (χ3n) is 14.3. The Balaban J connectivity index is 1.39. The molecule has 0 heterocycles. The Kier molecular flexibility index (Phi) is 17.6. The highest BCUT2D eigenvalue weighted by Gasteiger charge is 2.43. The maximum Gasteiger partial charge on any atom is 0.120 e. The summed E-state index contributed by atoms with van der Waals surface area (Å²) in [4.78, 5) is 0. The van der Waals surface area contributed by atoms with Gasteiger partial charge in [-0.3, -0.25) is 0 Å². The van der Waals surface area contributed by atoms with E-state index >= 15 is 0 Å². The molecule has 0 bridgehead atoms. The Morgan fingerprint density at radius 1 is 0.387 bits per heavy atom. The number of rotatable bonds is 24. The fourth-order valence-corrected chi connectivity index (χ4v) is 11.0.